The number of hydrogen-bond acceptors (Lipinski definition) is 4. The van der Waals surface area contributed by atoms with Crippen molar-refractivity contribution in [2.75, 3.05) is 13.2 Å². The van der Waals surface area contributed by atoms with Crippen LogP contribution in [-0.4, -0.2) is 41.2 Å². The number of amides is 1. The zero-order valence-corrected chi connectivity index (χ0v) is 12.6. The first-order valence-electron chi connectivity index (χ1n) is 7.76. The number of hydrogen-bond donors (Lipinski definition) is 2. The van der Waals surface area contributed by atoms with Crippen LogP contribution in [0.25, 0.3) is 0 Å². The summed E-state index contributed by atoms with van der Waals surface area (Å²) in [6, 6.07) is 2.62. The molecule has 1 amide bonds. The molecule has 0 aliphatic heterocycles. The Morgan fingerprint density at radius 1 is 1.27 bits per heavy atom. The van der Waals surface area contributed by atoms with Crippen molar-refractivity contribution in [1.29, 1.82) is 0 Å². The third kappa shape index (κ3) is 5.11. The fourth-order valence-electron chi connectivity index (χ4n) is 2.58. The van der Waals surface area contributed by atoms with Crippen molar-refractivity contribution in [3.8, 4) is 0 Å². The third-order valence-corrected chi connectivity index (χ3v) is 3.78. The van der Waals surface area contributed by atoms with Gasteiger partial charge in [-0.25, -0.2) is 4.79 Å². The van der Waals surface area contributed by atoms with E-state index in [0.29, 0.717) is 19.3 Å². The second kappa shape index (κ2) is 8.48. The van der Waals surface area contributed by atoms with Gasteiger partial charge in [0.25, 0.3) is 5.91 Å². The van der Waals surface area contributed by atoms with Gasteiger partial charge in [-0.15, -0.1) is 0 Å². The maximum Gasteiger partial charge on any atom is 0.335 e. The predicted molar refractivity (Wildman–Crippen MR) is 81.0 cm³/mol. The van der Waals surface area contributed by atoms with Crippen LogP contribution in [0.15, 0.2) is 18.3 Å². The lowest BCUT2D eigenvalue weighted by atomic mass is 10.1. The summed E-state index contributed by atoms with van der Waals surface area (Å²) in [6.45, 7) is 0.864. The Bertz CT molecular complexity index is 511. The maximum atomic E-state index is 11.9. The first kappa shape index (κ1) is 16.4. The number of carboxylic acids is 1. The molecule has 6 nitrogen and oxygen atoms in total. The van der Waals surface area contributed by atoms with E-state index in [2.05, 4.69) is 10.3 Å². The Balaban J connectivity index is 1.73. The van der Waals surface area contributed by atoms with E-state index in [9.17, 15) is 9.59 Å². The highest BCUT2D eigenvalue weighted by atomic mass is 16.5. The molecule has 1 aliphatic rings. The summed E-state index contributed by atoms with van der Waals surface area (Å²) in [5.74, 6) is -1.46. The molecular weight excluding hydrogens is 284 g/mol. The van der Waals surface area contributed by atoms with Gasteiger partial charge in [0.2, 0.25) is 0 Å². The summed E-state index contributed by atoms with van der Waals surface area (Å²) in [4.78, 5) is 26.6. The monoisotopic (exact) mass is 306 g/mol. The van der Waals surface area contributed by atoms with Crippen molar-refractivity contribution in [1.82, 2.24) is 10.3 Å². The van der Waals surface area contributed by atoms with Crippen molar-refractivity contribution in [2.24, 2.45) is 0 Å². The molecule has 0 spiro atoms. The quantitative estimate of drug-likeness (QED) is 0.621. The summed E-state index contributed by atoms with van der Waals surface area (Å²) in [5.41, 5.74) is 0.157. The van der Waals surface area contributed by atoms with E-state index >= 15 is 0 Å². The number of pyridine rings is 1. The molecule has 1 saturated carbocycles. The molecule has 0 saturated heterocycles. The first-order chi connectivity index (χ1) is 10.7. The summed E-state index contributed by atoms with van der Waals surface area (Å²) in [6.07, 6.45) is 8.79. The van der Waals surface area contributed by atoms with Gasteiger partial charge in [0.1, 0.15) is 5.69 Å². The van der Waals surface area contributed by atoms with Crippen LogP contribution in [0.4, 0.5) is 0 Å². The number of aromatic nitrogens is 1. The molecule has 1 aromatic rings. The maximum absolute atomic E-state index is 11.9. The van der Waals surface area contributed by atoms with Gasteiger partial charge in [0.05, 0.1) is 18.3 Å². The number of rotatable bonds is 6. The van der Waals surface area contributed by atoms with E-state index in [0.717, 1.165) is 12.8 Å². The lowest BCUT2D eigenvalue weighted by Crippen LogP contribution is -2.29. The van der Waals surface area contributed by atoms with Gasteiger partial charge in [0, 0.05) is 12.7 Å². The average molecular weight is 306 g/mol. The van der Waals surface area contributed by atoms with Crippen LogP contribution in [0.5, 0.6) is 0 Å². The van der Waals surface area contributed by atoms with Gasteiger partial charge in [0.15, 0.2) is 0 Å². The smallest absolute Gasteiger partial charge is 0.335 e. The number of carbonyl (C=O) groups excluding carboxylic acids is 1. The van der Waals surface area contributed by atoms with Crippen LogP contribution < -0.4 is 5.32 Å². The number of carbonyl (C=O) groups is 2. The van der Waals surface area contributed by atoms with Crippen molar-refractivity contribution >= 4 is 11.9 Å². The Kier molecular flexibility index (Phi) is 6.33. The highest BCUT2D eigenvalue weighted by Crippen LogP contribution is 2.19. The molecule has 2 rings (SSSR count). The van der Waals surface area contributed by atoms with E-state index in [1.807, 2.05) is 0 Å². The number of nitrogens with zero attached hydrogens (tertiary/aromatic N) is 1. The minimum atomic E-state index is -1.08. The molecule has 0 atom stereocenters. The summed E-state index contributed by atoms with van der Waals surface area (Å²) in [5, 5.41) is 11.6. The highest BCUT2D eigenvalue weighted by molar-refractivity contribution is 5.95. The third-order valence-electron chi connectivity index (χ3n) is 3.78. The number of aromatic carboxylic acids is 1. The van der Waals surface area contributed by atoms with Crippen LogP contribution in [0.3, 0.4) is 0 Å². The number of ether oxygens (including phenoxy) is 1. The predicted octanol–water partition coefficient (Wildman–Crippen LogP) is 2.25. The molecule has 2 N–H and O–H groups in total. The van der Waals surface area contributed by atoms with Gasteiger partial charge in [-0.3, -0.25) is 9.78 Å². The molecule has 120 valence electrons. The number of carboxylic acid groups (broad SMARTS) is 1. The van der Waals surface area contributed by atoms with Gasteiger partial charge in [-0.05, 0) is 25.0 Å². The van der Waals surface area contributed by atoms with E-state index in [1.54, 1.807) is 0 Å². The lowest BCUT2D eigenvalue weighted by Gasteiger charge is -2.15. The summed E-state index contributed by atoms with van der Waals surface area (Å²) < 4.78 is 5.78. The molecule has 22 heavy (non-hydrogen) atoms. The van der Waals surface area contributed by atoms with Crippen LogP contribution >= 0.6 is 0 Å². The molecule has 0 unspecified atom stereocenters. The zero-order chi connectivity index (χ0) is 15.8. The van der Waals surface area contributed by atoms with Gasteiger partial charge >= 0.3 is 5.97 Å². The normalized spacial score (nSPS) is 16.0. The summed E-state index contributed by atoms with van der Waals surface area (Å²) >= 11 is 0. The Morgan fingerprint density at radius 3 is 2.68 bits per heavy atom. The van der Waals surface area contributed by atoms with Gasteiger partial charge in [-0.2, -0.15) is 0 Å². The van der Waals surface area contributed by atoms with E-state index < -0.39 is 5.97 Å². The minimum absolute atomic E-state index is 0.0508. The van der Waals surface area contributed by atoms with Crippen molar-refractivity contribution in [2.45, 2.75) is 44.6 Å². The van der Waals surface area contributed by atoms with E-state index in [4.69, 9.17) is 9.84 Å². The molecule has 1 fully saturated rings. The second-order valence-electron chi connectivity index (χ2n) is 5.48. The molecule has 0 radical (unpaired) electrons. The summed E-state index contributed by atoms with van der Waals surface area (Å²) in [7, 11) is 0. The fourth-order valence-corrected chi connectivity index (χ4v) is 2.58. The topological polar surface area (TPSA) is 88.5 Å². The van der Waals surface area contributed by atoms with Crippen LogP contribution in [0.1, 0.15) is 59.4 Å². The highest BCUT2D eigenvalue weighted by Gasteiger charge is 2.13. The van der Waals surface area contributed by atoms with Crippen molar-refractivity contribution in [3.63, 3.8) is 0 Å². The van der Waals surface area contributed by atoms with Gasteiger partial charge < -0.3 is 15.2 Å². The van der Waals surface area contributed by atoms with Crippen LogP contribution in [0, 0.1) is 0 Å². The van der Waals surface area contributed by atoms with E-state index in [1.165, 1.54) is 44.0 Å². The molecular formula is C16H22N2O4. The SMILES string of the molecule is O=C(O)c1ccnc(C(=O)NCCOC2CCCCCC2)c1. The molecule has 1 aliphatic carbocycles. The van der Waals surface area contributed by atoms with Crippen LogP contribution in [0.2, 0.25) is 0 Å². The minimum Gasteiger partial charge on any atom is -0.478 e. The fraction of sp³-hybridized carbons (Fsp3) is 0.562. The largest absolute Gasteiger partial charge is 0.478 e. The van der Waals surface area contributed by atoms with Crippen molar-refractivity contribution < 1.29 is 19.4 Å². The lowest BCUT2D eigenvalue weighted by molar-refractivity contribution is 0.0441. The first-order valence-corrected chi connectivity index (χ1v) is 7.76. The molecule has 0 bridgehead atoms. The van der Waals surface area contributed by atoms with Crippen molar-refractivity contribution in [3.05, 3.63) is 29.6 Å². The van der Waals surface area contributed by atoms with E-state index in [-0.39, 0.29) is 17.2 Å². The molecule has 1 heterocycles. The zero-order valence-electron chi connectivity index (χ0n) is 12.6. The molecule has 1 aromatic heterocycles. The number of nitrogens with one attached hydrogen (secondary N) is 1. The van der Waals surface area contributed by atoms with Crippen LogP contribution in [-0.2, 0) is 4.74 Å². The Morgan fingerprint density at radius 2 is 2.00 bits per heavy atom. The molecule has 0 aromatic carbocycles. The Hall–Kier alpha value is -1.95. The van der Waals surface area contributed by atoms with Gasteiger partial charge in [-0.1, -0.05) is 25.7 Å². The Labute approximate surface area is 129 Å². The second-order valence-corrected chi connectivity index (χ2v) is 5.48. The standard InChI is InChI=1S/C16H22N2O4/c19-15(14-11-12(16(20)21)7-8-17-14)18-9-10-22-13-5-3-1-2-4-6-13/h7-8,11,13H,1-6,9-10H2,(H,18,19)(H,20,21). The average Bonchev–Trinajstić information content (AvgIpc) is 2.80. The molecule has 6 heteroatoms.